The zero-order valence-corrected chi connectivity index (χ0v) is 10.2. The molecule has 0 atom stereocenters. The Bertz CT molecular complexity index is 505. The lowest BCUT2D eigenvalue weighted by molar-refractivity contribution is 0.297. The lowest BCUT2D eigenvalue weighted by Gasteiger charge is -2.09. The molecule has 0 radical (unpaired) electrons. The summed E-state index contributed by atoms with van der Waals surface area (Å²) in [4.78, 5) is 0. The molecule has 90 valence electrons. The summed E-state index contributed by atoms with van der Waals surface area (Å²) in [7, 11) is 1.89. The van der Waals surface area contributed by atoms with Gasteiger partial charge in [0.05, 0.1) is 5.69 Å². The van der Waals surface area contributed by atoms with E-state index in [1.165, 1.54) is 0 Å². The standard InChI is InChI=1S/C13H17N3O/c1-10-3-4-11(8-14)7-13(10)17-9-12-5-6-16(2)15-12/h3-7H,8-9,14H2,1-2H3. The van der Waals surface area contributed by atoms with Gasteiger partial charge < -0.3 is 10.5 Å². The number of aromatic nitrogens is 2. The highest BCUT2D eigenvalue weighted by atomic mass is 16.5. The minimum atomic E-state index is 0.482. The van der Waals surface area contributed by atoms with Gasteiger partial charge in [-0.05, 0) is 30.2 Å². The van der Waals surface area contributed by atoms with Crippen LogP contribution in [-0.4, -0.2) is 9.78 Å². The number of nitrogens with zero attached hydrogens (tertiary/aromatic N) is 2. The molecule has 0 aliphatic rings. The molecule has 1 aromatic heterocycles. The van der Waals surface area contributed by atoms with Gasteiger partial charge in [0.15, 0.2) is 0 Å². The van der Waals surface area contributed by atoms with Gasteiger partial charge in [0.25, 0.3) is 0 Å². The Hall–Kier alpha value is -1.81. The molecule has 2 rings (SSSR count). The van der Waals surface area contributed by atoms with Crippen LogP contribution in [0.4, 0.5) is 0 Å². The zero-order chi connectivity index (χ0) is 12.3. The number of benzene rings is 1. The Kier molecular flexibility index (Phi) is 3.44. The first-order valence-corrected chi connectivity index (χ1v) is 5.60. The van der Waals surface area contributed by atoms with Crippen molar-refractivity contribution in [1.29, 1.82) is 0 Å². The number of nitrogens with two attached hydrogens (primary N) is 1. The fourth-order valence-electron chi connectivity index (χ4n) is 1.62. The van der Waals surface area contributed by atoms with Crippen LogP contribution in [0, 0.1) is 6.92 Å². The molecule has 0 amide bonds. The molecule has 0 aliphatic carbocycles. The van der Waals surface area contributed by atoms with Gasteiger partial charge in [-0.2, -0.15) is 5.10 Å². The molecule has 0 bridgehead atoms. The normalized spacial score (nSPS) is 10.5. The summed E-state index contributed by atoms with van der Waals surface area (Å²) < 4.78 is 7.51. The van der Waals surface area contributed by atoms with Gasteiger partial charge in [0.1, 0.15) is 12.4 Å². The molecule has 1 heterocycles. The van der Waals surface area contributed by atoms with Gasteiger partial charge in [-0.1, -0.05) is 12.1 Å². The van der Waals surface area contributed by atoms with E-state index in [4.69, 9.17) is 10.5 Å². The molecule has 17 heavy (non-hydrogen) atoms. The molecule has 0 fully saturated rings. The van der Waals surface area contributed by atoms with Crippen LogP contribution in [0.25, 0.3) is 0 Å². The first-order chi connectivity index (χ1) is 8.19. The van der Waals surface area contributed by atoms with Crippen molar-refractivity contribution in [2.45, 2.75) is 20.1 Å². The smallest absolute Gasteiger partial charge is 0.132 e. The van der Waals surface area contributed by atoms with Crippen LogP contribution >= 0.6 is 0 Å². The Morgan fingerprint density at radius 2 is 2.18 bits per heavy atom. The lowest BCUT2D eigenvalue weighted by atomic mass is 10.1. The van der Waals surface area contributed by atoms with E-state index in [1.807, 2.05) is 44.4 Å². The monoisotopic (exact) mass is 231 g/mol. The van der Waals surface area contributed by atoms with E-state index < -0.39 is 0 Å². The van der Waals surface area contributed by atoms with Crippen molar-refractivity contribution in [3.8, 4) is 5.75 Å². The second-order valence-corrected chi connectivity index (χ2v) is 4.07. The minimum Gasteiger partial charge on any atom is -0.487 e. The average Bonchev–Trinajstić information content (AvgIpc) is 2.74. The first kappa shape index (κ1) is 11.7. The summed E-state index contributed by atoms with van der Waals surface area (Å²) >= 11 is 0. The Labute approximate surface area is 101 Å². The van der Waals surface area contributed by atoms with Gasteiger partial charge in [-0.25, -0.2) is 0 Å². The largest absolute Gasteiger partial charge is 0.487 e. The van der Waals surface area contributed by atoms with Crippen LogP contribution in [0.1, 0.15) is 16.8 Å². The van der Waals surface area contributed by atoms with E-state index in [0.717, 1.165) is 22.6 Å². The maximum Gasteiger partial charge on any atom is 0.132 e. The maximum atomic E-state index is 5.75. The highest BCUT2D eigenvalue weighted by Crippen LogP contribution is 2.20. The number of ether oxygens (including phenoxy) is 1. The Morgan fingerprint density at radius 3 is 2.82 bits per heavy atom. The SMILES string of the molecule is Cc1ccc(CN)cc1OCc1ccn(C)n1. The van der Waals surface area contributed by atoms with Crippen molar-refractivity contribution in [2.24, 2.45) is 12.8 Å². The van der Waals surface area contributed by atoms with Gasteiger partial charge in [0, 0.05) is 19.8 Å². The highest BCUT2D eigenvalue weighted by molar-refractivity contribution is 5.36. The van der Waals surface area contributed by atoms with E-state index in [0.29, 0.717) is 13.2 Å². The van der Waals surface area contributed by atoms with Gasteiger partial charge >= 0.3 is 0 Å². The number of hydrogen-bond acceptors (Lipinski definition) is 3. The Morgan fingerprint density at radius 1 is 1.35 bits per heavy atom. The molecule has 0 saturated carbocycles. The molecule has 4 heteroatoms. The van der Waals surface area contributed by atoms with Crippen molar-refractivity contribution in [3.63, 3.8) is 0 Å². The summed E-state index contributed by atoms with van der Waals surface area (Å²) in [5, 5.41) is 4.26. The van der Waals surface area contributed by atoms with Crippen LogP contribution in [0.15, 0.2) is 30.5 Å². The van der Waals surface area contributed by atoms with Gasteiger partial charge in [-0.3, -0.25) is 4.68 Å². The third-order valence-corrected chi connectivity index (χ3v) is 2.63. The maximum absolute atomic E-state index is 5.75. The van der Waals surface area contributed by atoms with Gasteiger partial charge in [-0.15, -0.1) is 0 Å². The second-order valence-electron chi connectivity index (χ2n) is 4.07. The highest BCUT2D eigenvalue weighted by Gasteiger charge is 2.03. The van der Waals surface area contributed by atoms with E-state index in [-0.39, 0.29) is 0 Å². The number of aryl methyl sites for hydroxylation is 2. The molecule has 4 nitrogen and oxygen atoms in total. The van der Waals surface area contributed by atoms with Crippen molar-refractivity contribution in [1.82, 2.24) is 9.78 Å². The molecular weight excluding hydrogens is 214 g/mol. The van der Waals surface area contributed by atoms with Crippen molar-refractivity contribution in [2.75, 3.05) is 0 Å². The molecule has 0 saturated heterocycles. The fraction of sp³-hybridized carbons (Fsp3) is 0.308. The van der Waals surface area contributed by atoms with Crippen molar-refractivity contribution < 1.29 is 4.74 Å². The summed E-state index contributed by atoms with van der Waals surface area (Å²) in [6.07, 6.45) is 1.90. The van der Waals surface area contributed by atoms with Crippen LogP contribution in [0.3, 0.4) is 0 Å². The molecule has 0 unspecified atom stereocenters. The lowest BCUT2D eigenvalue weighted by Crippen LogP contribution is -2.01. The van der Waals surface area contributed by atoms with E-state index in [2.05, 4.69) is 5.10 Å². The van der Waals surface area contributed by atoms with Crippen LogP contribution in [0.5, 0.6) is 5.75 Å². The van der Waals surface area contributed by atoms with Crippen molar-refractivity contribution >= 4 is 0 Å². The third-order valence-electron chi connectivity index (χ3n) is 2.63. The number of rotatable bonds is 4. The van der Waals surface area contributed by atoms with E-state index in [1.54, 1.807) is 4.68 Å². The van der Waals surface area contributed by atoms with Gasteiger partial charge in [0.2, 0.25) is 0 Å². The number of hydrogen-bond donors (Lipinski definition) is 1. The Balaban J connectivity index is 2.07. The third kappa shape index (κ3) is 2.85. The predicted octanol–water partition coefficient (Wildman–Crippen LogP) is 1.77. The second kappa shape index (κ2) is 5.01. The van der Waals surface area contributed by atoms with Crippen LogP contribution in [-0.2, 0) is 20.2 Å². The average molecular weight is 231 g/mol. The zero-order valence-electron chi connectivity index (χ0n) is 10.2. The molecule has 2 N–H and O–H groups in total. The minimum absolute atomic E-state index is 0.482. The summed E-state index contributed by atoms with van der Waals surface area (Å²) in [6, 6.07) is 7.97. The summed E-state index contributed by atoms with van der Waals surface area (Å²) in [5.41, 5.74) is 8.71. The van der Waals surface area contributed by atoms with E-state index in [9.17, 15) is 0 Å². The van der Waals surface area contributed by atoms with Crippen LogP contribution < -0.4 is 10.5 Å². The topological polar surface area (TPSA) is 53.1 Å². The first-order valence-electron chi connectivity index (χ1n) is 5.60. The molecule has 1 aromatic carbocycles. The van der Waals surface area contributed by atoms with Crippen molar-refractivity contribution in [3.05, 3.63) is 47.3 Å². The summed E-state index contributed by atoms with van der Waals surface area (Å²) in [5.74, 6) is 0.874. The quantitative estimate of drug-likeness (QED) is 0.872. The molecule has 2 aromatic rings. The molecule has 0 aliphatic heterocycles. The summed E-state index contributed by atoms with van der Waals surface area (Å²) in [6.45, 7) is 3.03. The van der Waals surface area contributed by atoms with Crippen LogP contribution in [0.2, 0.25) is 0 Å². The fourth-order valence-corrected chi connectivity index (χ4v) is 1.62. The van der Waals surface area contributed by atoms with E-state index >= 15 is 0 Å². The molecular formula is C13H17N3O. The molecule has 0 spiro atoms. The predicted molar refractivity (Wildman–Crippen MR) is 66.6 cm³/mol.